The van der Waals surface area contributed by atoms with Crippen LogP contribution in [0.1, 0.15) is 15.7 Å². The zero-order chi connectivity index (χ0) is 12.6. The molecule has 0 amide bonds. The minimum absolute atomic E-state index is 0. The van der Waals surface area contributed by atoms with Crippen LogP contribution in [0.4, 0.5) is 4.79 Å². The molecule has 0 aromatic rings. The van der Waals surface area contributed by atoms with Gasteiger partial charge in [-0.05, 0) is 0 Å². The van der Waals surface area contributed by atoms with Gasteiger partial charge in [-0.25, -0.2) is 13.9 Å². The Hall–Kier alpha value is 7.72. The van der Waals surface area contributed by atoms with Gasteiger partial charge in [0.2, 0.25) is 0 Å². The average molecular weight is 545 g/mol. The molecule has 0 aromatic carbocycles. The molecule has 0 saturated heterocycles. The summed E-state index contributed by atoms with van der Waals surface area (Å²) in [7, 11) is -9.28. The molecule has 0 bridgehead atoms. The number of phosphoric acid groups is 2. The summed E-state index contributed by atoms with van der Waals surface area (Å²) in [6.07, 6.45) is -1.83. The molecule has 118 valence electrons. The molecule has 0 unspecified atom stereocenters. The van der Waals surface area contributed by atoms with Gasteiger partial charge in [0, 0.05) is 0 Å². The van der Waals surface area contributed by atoms with E-state index >= 15 is 0 Å². The Labute approximate surface area is 334 Å². The van der Waals surface area contributed by atoms with Crippen molar-refractivity contribution in [3.8, 4) is 0 Å². The van der Waals surface area contributed by atoms with Gasteiger partial charge in [-0.2, -0.15) is 0 Å². The summed E-state index contributed by atoms with van der Waals surface area (Å²) in [5.41, 5.74) is 0. The number of carbonyl (C=O) groups is 1. The number of carboxylic acid groups (broad SMARTS) is 2. The number of hydrogen-bond donors (Lipinski definition) is 8. The van der Waals surface area contributed by atoms with Crippen molar-refractivity contribution in [3.05, 3.63) is 0 Å². The van der Waals surface area contributed by atoms with Crippen molar-refractivity contribution in [1.29, 1.82) is 0 Å². The smallest absolute Gasteiger partial charge is 1.00 e. The second-order valence-electron chi connectivity index (χ2n) is 1.31. The van der Waals surface area contributed by atoms with Gasteiger partial charge in [-0.1, -0.05) is 0 Å². The number of hydrogen-bond acceptors (Lipinski definition) is 3. The van der Waals surface area contributed by atoms with E-state index in [4.69, 9.17) is 53.5 Å². The van der Waals surface area contributed by atoms with Crippen LogP contribution in [0, 0.1) is 0 Å². The van der Waals surface area contributed by atoms with Crippen LogP contribution in [-0.4, -0.2) is 234 Å². The van der Waals surface area contributed by atoms with E-state index in [0.29, 0.717) is 0 Å². The third-order valence-electron chi connectivity index (χ3n) is 0. The van der Waals surface area contributed by atoms with Gasteiger partial charge in [-0.3, -0.25) is 0 Å². The molecule has 0 aliphatic heterocycles. The van der Waals surface area contributed by atoms with Crippen LogP contribution in [0.3, 0.4) is 0 Å². The standard InChI is InChI=1S/CH2O3.5Ca.ClH.K.2H3O4P.11H/c2-1(3)4;;;;;;;;2*1-5(2,3)4;;;;;;;;;;;/h(H2,2,3,4);;;;;;1H;;2*(H3,1,2,3,4);;;;;;;;;;;/q;5*+2;;+1;;;11*-1. The van der Waals surface area contributed by atoms with E-state index in [9.17, 15) is 0 Å². The predicted octanol–water partition coefficient (Wildman–Crippen LogP) is -4.88. The molecule has 0 aliphatic carbocycles. The molecule has 0 rings (SSSR count). The number of halogens is 1. The number of rotatable bonds is 0. The zero-order valence-electron chi connectivity index (χ0n) is 22.1. The summed E-state index contributed by atoms with van der Waals surface area (Å²) >= 11 is 0. The van der Waals surface area contributed by atoms with Crippen molar-refractivity contribution in [1.82, 2.24) is 0 Å². The molecule has 11 nitrogen and oxygen atoms in total. The molecule has 20 heteroatoms. The Balaban J connectivity index is -0.00000000234. The molecule has 0 saturated carbocycles. The second kappa shape index (κ2) is 38.3. The predicted molar refractivity (Wildman–Crippen MR) is 87.4 cm³/mol. The SMILES string of the molecule is Cl.O=C(O)O.O=P(O)(O)O.O=P(O)(O)O.[Ca+2].[Ca+2].[Ca+2].[Ca+2].[Ca+2].[H-].[H-].[H-].[H-].[H-].[H-].[H-].[H-].[H-].[H-].[H-].[K+]. The van der Waals surface area contributed by atoms with E-state index in [1.807, 2.05) is 0 Å². The van der Waals surface area contributed by atoms with Gasteiger partial charge in [0.15, 0.2) is 0 Å². The molecule has 0 fully saturated rings. The van der Waals surface area contributed by atoms with E-state index in [1.165, 1.54) is 0 Å². The zero-order valence-corrected chi connectivity index (χ0v) is 27.9. The monoisotopic (exact) mass is 544 g/mol. The molecule has 8 N–H and O–H groups in total. The maximum absolute atomic E-state index is 8.88. The molecule has 0 atom stereocenters. The Bertz CT molecular complexity index is 246. The average Bonchev–Trinajstić information content (AvgIpc) is 1.45. The molecule has 0 aliphatic rings. The minimum atomic E-state index is -4.64. The fourth-order valence-corrected chi connectivity index (χ4v) is 0. The first-order valence-electron chi connectivity index (χ1n) is 2.22. The van der Waals surface area contributed by atoms with Crippen molar-refractivity contribution >= 4 is 223 Å². The van der Waals surface area contributed by atoms with Crippen LogP contribution in [-0.2, 0) is 9.13 Å². The maximum atomic E-state index is 8.88. The fraction of sp³-hybridized carbons (Fsp3) is 0. The van der Waals surface area contributed by atoms with E-state index < -0.39 is 21.8 Å². The fourth-order valence-electron chi connectivity index (χ4n) is 0. The van der Waals surface area contributed by atoms with Crippen LogP contribution in [0.15, 0.2) is 0 Å². The molecule has 0 spiro atoms. The van der Waals surface area contributed by atoms with Crippen LogP contribution in [0.2, 0.25) is 0 Å². The first-order valence-corrected chi connectivity index (χ1v) is 5.35. The third kappa shape index (κ3) is 308. The Morgan fingerprint density at radius 1 is 0.667 bits per heavy atom. The van der Waals surface area contributed by atoms with Gasteiger partial charge in [0.1, 0.15) is 0 Å². The summed E-state index contributed by atoms with van der Waals surface area (Å²) in [6.45, 7) is 0. The van der Waals surface area contributed by atoms with Crippen LogP contribution < -0.4 is 51.4 Å². The molecule has 0 radical (unpaired) electrons. The van der Waals surface area contributed by atoms with Crippen molar-refractivity contribution in [2.24, 2.45) is 0 Å². The first kappa shape index (κ1) is 63.0. The van der Waals surface area contributed by atoms with Gasteiger partial charge in [0.05, 0.1) is 0 Å². The van der Waals surface area contributed by atoms with Crippen molar-refractivity contribution < 1.29 is 121 Å². The van der Waals surface area contributed by atoms with E-state index in [0.717, 1.165) is 0 Å². The Morgan fingerprint density at radius 3 is 0.667 bits per heavy atom. The quantitative estimate of drug-likeness (QED) is 0.107. The first-order chi connectivity index (χ1) is 5.73. The normalized spacial score (nSPS) is 6.76. The van der Waals surface area contributed by atoms with Gasteiger partial charge in [-0.15, -0.1) is 12.4 Å². The van der Waals surface area contributed by atoms with Crippen molar-refractivity contribution in [2.45, 2.75) is 0 Å². The third-order valence-corrected chi connectivity index (χ3v) is 0. The topological polar surface area (TPSA) is 213 Å². The van der Waals surface area contributed by atoms with Gasteiger partial charge >= 0.3 is 262 Å². The van der Waals surface area contributed by atoms with Gasteiger partial charge < -0.3 is 55.3 Å². The maximum Gasteiger partial charge on any atom is 2.00 e. The molecule has 0 aromatic heterocycles. The Morgan fingerprint density at radius 2 is 0.667 bits per heavy atom. The largest absolute Gasteiger partial charge is 2.00 e. The summed E-state index contributed by atoms with van der Waals surface area (Å²) in [6, 6.07) is 0. The summed E-state index contributed by atoms with van der Waals surface area (Å²) in [5, 5.41) is 13.9. The summed E-state index contributed by atoms with van der Waals surface area (Å²) in [4.78, 5) is 51.7. The Kier molecular flexibility index (Phi) is 115. The van der Waals surface area contributed by atoms with Crippen LogP contribution >= 0.6 is 28.1 Å². The van der Waals surface area contributed by atoms with E-state index in [2.05, 4.69) is 0 Å². The minimum Gasteiger partial charge on any atom is -1.00 e. The summed E-state index contributed by atoms with van der Waals surface area (Å²) < 4.78 is 17.8. The molecular weight excluding hydrogens is 525 g/mol. The van der Waals surface area contributed by atoms with Crippen molar-refractivity contribution in [3.63, 3.8) is 0 Å². The van der Waals surface area contributed by atoms with Crippen LogP contribution in [0.25, 0.3) is 0 Å². The molecule has 0 heterocycles. The van der Waals surface area contributed by atoms with E-state index in [1.54, 1.807) is 0 Å². The van der Waals surface area contributed by atoms with Gasteiger partial charge in [0.25, 0.3) is 0 Å². The van der Waals surface area contributed by atoms with Crippen LogP contribution in [0.5, 0.6) is 0 Å². The second-order valence-corrected chi connectivity index (χ2v) is 3.36. The molecule has 21 heavy (non-hydrogen) atoms. The van der Waals surface area contributed by atoms with Crippen molar-refractivity contribution in [2.75, 3.05) is 0 Å². The molecular formula is CH20Ca5ClKO11P2. The summed E-state index contributed by atoms with van der Waals surface area (Å²) in [5.74, 6) is 0. The van der Waals surface area contributed by atoms with E-state index in [-0.39, 0.29) is 268 Å².